The Bertz CT molecular complexity index is 709. The van der Waals surface area contributed by atoms with Crippen molar-refractivity contribution in [3.05, 3.63) is 59.5 Å². The highest BCUT2D eigenvalue weighted by atomic mass is 32.1. The first-order valence-electron chi connectivity index (χ1n) is 5.75. The van der Waals surface area contributed by atoms with Crippen molar-refractivity contribution in [1.82, 2.24) is 5.10 Å². The number of aromatic nitrogens is 2. The molecule has 1 heterocycles. The van der Waals surface area contributed by atoms with Crippen LogP contribution in [0.5, 0.6) is 0 Å². The van der Waals surface area contributed by atoms with Crippen molar-refractivity contribution in [2.75, 3.05) is 0 Å². The molecule has 0 spiro atoms. The van der Waals surface area contributed by atoms with E-state index in [0.29, 0.717) is 5.69 Å². The summed E-state index contributed by atoms with van der Waals surface area (Å²) in [4.78, 5) is 10.8. The van der Waals surface area contributed by atoms with E-state index in [1.165, 1.54) is 11.3 Å². The van der Waals surface area contributed by atoms with Crippen molar-refractivity contribution in [3.8, 4) is 21.1 Å². The van der Waals surface area contributed by atoms with Crippen molar-refractivity contribution in [1.29, 1.82) is 0 Å². The van der Waals surface area contributed by atoms with Gasteiger partial charge < -0.3 is 0 Å². The maximum atomic E-state index is 10.8. The van der Waals surface area contributed by atoms with E-state index in [4.69, 9.17) is 0 Å². The van der Waals surface area contributed by atoms with Gasteiger partial charge >= 0.3 is 0 Å². The number of benzene rings is 2. The summed E-state index contributed by atoms with van der Waals surface area (Å²) in [5.74, 6) is 0. The quantitative estimate of drug-likeness (QED) is 0.680. The summed E-state index contributed by atoms with van der Waals surface area (Å²) in [5.41, 5.74) is 2.23. The van der Waals surface area contributed by atoms with Crippen LogP contribution in [0.4, 0.5) is 5.69 Å². The van der Waals surface area contributed by atoms with Crippen molar-refractivity contribution in [2.45, 2.75) is 0 Å². The van der Waals surface area contributed by atoms with Gasteiger partial charge in [-0.1, -0.05) is 35.4 Å². The summed E-state index contributed by atoms with van der Waals surface area (Å²) in [6.45, 7) is 0. The van der Waals surface area contributed by atoms with Crippen LogP contribution >= 0.6 is 11.3 Å². The zero-order valence-corrected chi connectivity index (χ0v) is 10.7. The van der Waals surface area contributed by atoms with Crippen LogP contribution in [0, 0.1) is 4.91 Å². The van der Waals surface area contributed by atoms with E-state index in [1.54, 1.807) is 12.1 Å². The van der Waals surface area contributed by atoms with E-state index in [2.05, 4.69) is 15.4 Å². The first kappa shape index (κ1) is 11.7. The maximum absolute atomic E-state index is 10.8. The monoisotopic (exact) mass is 268 g/mol. The number of aromatic amines is 1. The van der Waals surface area contributed by atoms with Crippen LogP contribution in [-0.4, -0.2) is 5.10 Å². The van der Waals surface area contributed by atoms with Crippen LogP contribution in [0.2, 0.25) is 0 Å². The third kappa shape index (κ3) is 2.28. The third-order valence-corrected chi connectivity index (χ3v) is 3.76. The summed E-state index contributed by atoms with van der Waals surface area (Å²) in [6, 6.07) is 17.1. The van der Waals surface area contributed by atoms with Crippen LogP contribution in [0.25, 0.3) is 21.1 Å². The number of rotatable bonds is 3. The number of nitrogens with zero attached hydrogens (tertiary/aromatic N) is 2. The Morgan fingerprint density at radius 2 is 1.74 bits per heavy atom. The summed E-state index contributed by atoms with van der Waals surface area (Å²) in [5, 5.41) is 12.0. The number of nitroso groups, excluding NO2 is 1. The normalized spacial score (nSPS) is 10.3. The lowest BCUT2D eigenvalue weighted by atomic mass is 10.2. The van der Waals surface area contributed by atoms with Gasteiger partial charge in [0.25, 0.3) is 5.01 Å². The molecule has 0 bridgehead atoms. The third-order valence-electron chi connectivity index (χ3n) is 2.73. The molecule has 0 aliphatic heterocycles. The molecule has 2 aromatic carbocycles. The Labute approximate surface area is 113 Å². The molecule has 1 N–H and O–H groups in total. The highest BCUT2D eigenvalue weighted by Crippen LogP contribution is 2.33. The number of hydrogen-bond donors (Lipinski definition) is 0. The summed E-state index contributed by atoms with van der Waals surface area (Å²) < 4.78 is 0. The molecule has 0 amide bonds. The molecule has 0 aliphatic rings. The molecule has 4 nitrogen and oxygen atoms in total. The minimum Gasteiger partial charge on any atom is -0.145 e. The molecule has 3 rings (SSSR count). The molecular formula is C14H10N3OS+. The molecule has 92 valence electrons. The van der Waals surface area contributed by atoms with Crippen LogP contribution in [-0.2, 0) is 0 Å². The van der Waals surface area contributed by atoms with E-state index in [-0.39, 0.29) is 0 Å². The molecule has 0 aliphatic carbocycles. The topological polar surface area (TPSA) is 56.5 Å². The van der Waals surface area contributed by atoms with Crippen LogP contribution in [0.3, 0.4) is 0 Å². The Hall–Kier alpha value is -2.40. The van der Waals surface area contributed by atoms with E-state index in [1.807, 2.05) is 42.5 Å². The van der Waals surface area contributed by atoms with E-state index in [0.717, 1.165) is 21.1 Å². The molecular weight excluding hydrogens is 258 g/mol. The predicted molar refractivity (Wildman–Crippen MR) is 75.0 cm³/mol. The zero-order chi connectivity index (χ0) is 13.1. The van der Waals surface area contributed by atoms with Crippen LogP contribution < -0.4 is 5.10 Å². The van der Waals surface area contributed by atoms with Gasteiger partial charge in [-0.05, 0) is 40.8 Å². The fourth-order valence-corrected chi connectivity index (χ4v) is 2.72. The molecule has 0 saturated carbocycles. The predicted octanol–water partition coefficient (Wildman–Crippen LogP) is 3.69. The Kier molecular flexibility index (Phi) is 3.12. The van der Waals surface area contributed by atoms with Gasteiger partial charge in [-0.3, -0.25) is 0 Å². The maximum Gasteiger partial charge on any atom is 0.294 e. The summed E-state index contributed by atoms with van der Waals surface area (Å²) in [6.07, 6.45) is 0. The van der Waals surface area contributed by atoms with E-state index in [9.17, 15) is 4.91 Å². The van der Waals surface area contributed by atoms with Crippen molar-refractivity contribution in [3.63, 3.8) is 0 Å². The van der Waals surface area contributed by atoms with E-state index < -0.39 is 0 Å². The van der Waals surface area contributed by atoms with Crippen molar-refractivity contribution in [2.24, 2.45) is 5.18 Å². The molecule has 3 aromatic rings. The highest BCUT2D eigenvalue weighted by molar-refractivity contribution is 7.17. The van der Waals surface area contributed by atoms with Gasteiger partial charge in [0.1, 0.15) is 5.69 Å². The highest BCUT2D eigenvalue weighted by Gasteiger charge is 2.16. The van der Waals surface area contributed by atoms with E-state index >= 15 is 0 Å². The molecule has 0 unspecified atom stereocenters. The molecule has 0 saturated heterocycles. The fraction of sp³-hybridized carbons (Fsp3) is 0. The number of nitrogens with one attached hydrogen (secondary N) is 1. The van der Waals surface area contributed by atoms with Gasteiger partial charge in [0, 0.05) is 10.7 Å². The van der Waals surface area contributed by atoms with Gasteiger partial charge in [-0.2, -0.15) is 0 Å². The first-order valence-corrected chi connectivity index (χ1v) is 6.57. The lowest BCUT2D eigenvalue weighted by Gasteiger charge is -1.95. The SMILES string of the molecule is O=Nc1ccccc1-c1n[nH+]c(-c2ccccc2)s1. The van der Waals surface area contributed by atoms with Crippen molar-refractivity contribution >= 4 is 17.0 Å². The number of H-pyrrole nitrogens is 1. The van der Waals surface area contributed by atoms with Crippen molar-refractivity contribution < 1.29 is 5.10 Å². The molecule has 0 atom stereocenters. The second-order valence-corrected chi connectivity index (χ2v) is 4.93. The minimum absolute atomic E-state index is 0.407. The Morgan fingerprint density at radius 1 is 1.00 bits per heavy atom. The lowest BCUT2D eigenvalue weighted by Crippen LogP contribution is -2.04. The molecule has 19 heavy (non-hydrogen) atoms. The molecule has 1 aromatic heterocycles. The van der Waals surface area contributed by atoms with Gasteiger partial charge in [0.15, 0.2) is 5.01 Å². The minimum atomic E-state index is 0.407. The summed E-state index contributed by atoms with van der Waals surface area (Å²) >= 11 is 1.50. The average Bonchev–Trinajstić information content (AvgIpc) is 2.98. The fourth-order valence-electron chi connectivity index (χ4n) is 1.81. The number of hydrogen-bond acceptors (Lipinski definition) is 4. The lowest BCUT2D eigenvalue weighted by molar-refractivity contribution is -0.434. The first-order chi connectivity index (χ1) is 9.38. The average molecular weight is 268 g/mol. The van der Waals surface area contributed by atoms with Gasteiger partial charge in [0.2, 0.25) is 0 Å². The van der Waals surface area contributed by atoms with Gasteiger partial charge in [-0.15, -0.1) is 4.91 Å². The summed E-state index contributed by atoms with van der Waals surface area (Å²) in [7, 11) is 0. The second-order valence-electron chi connectivity index (χ2n) is 3.93. The molecule has 5 heteroatoms. The Balaban J connectivity index is 2.04. The second kappa shape index (κ2) is 5.07. The van der Waals surface area contributed by atoms with Gasteiger partial charge in [-0.25, -0.2) is 0 Å². The smallest absolute Gasteiger partial charge is 0.145 e. The standard InChI is InChI=1S/C14H9N3OS/c18-17-12-9-5-4-8-11(12)14-16-15-13(19-14)10-6-2-1-3-7-10/h1-9H/p+1. The zero-order valence-electron chi connectivity index (χ0n) is 9.91. The van der Waals surface area contributed by atoms with Crippen LogP contribution in [0.1, 0.15) is 0 Å². The van der Waals surface area contributed by atoms with Gasteiger partial charge in [0.05, 0.1) is 5.56 Å². The largest absolute Gasteiger partial charge is 0.294 e. The molecule has 0 fully saturated rings. The van der Waals surface area contributed by atoms with Crippen LogP contribution in [0.15, 0.2) is 59.8 Å². The molecule has 0 radical (unpaired) electrons. The Morgan fingerprint density at radius 3 is 2.53 bits per heavy atom.